The van der Waals surface area contributed by atoms with Gasteiger partial charge in [0.2, 0.25) is 0 Å². The molecule has 1 rings (SSSR count). The van der Waals surface area contributed by atoms with Crippen molar-refractivity contribution in [1.29, 1.82) is 0 Å². The lowest BCUT2D eigenvalue weighted by atomic mass is 9.94. The van der Waals surface area contributed by atoms with Gasteiger partial charge in [0.15, 0.2) is 0 Å². The predicted molar refractivity (Wildman–Crippen MR) is 51.6 cm³/mol. The van der Waals surface area contributed by atoms with Crippen LogP contribution in [-0.4, -0.2) is 22.2 Å². The molecule has 0 spiro atoms. The Labute approximate surface area is 78.8 Å². The Morgan fingerprint density at radius 3 is 2.31 bits per heavy atom. The van der Waals surface area contributed by atoms with Crippen LogP contribution in [0.2, 0.25) is 0 Å². The summed E-state index contributed by atoms with van der Waals surface area (Å²) in [5.41, 5.74) is 0.681. The van der Waals surface area contributed by atoms with Crippen molar-refractivity contribution in [2.75, 3.05) is 0 Å². The fourth-order valence-electron chi connectivity index (χ4n) is 1.97. The molecule has 74 valence electrons. The van der Waals surface area contributed by atoms with Gasteiger partial charge in [-0.2, -0.15) is 0 Å². The summed E-state index contributed by atoms with van der Waals surface area (Å²) < 4.78 is 0. The minimum Gasteiger partial charge on any atom is -0.481 e. The first-order chi connectivity index (χ1) is 5.73. The van der Waals surface area contributed by atoms with Crippen molar-refractivity contribution in [3.8, 4) is 0 Å². The molecule has 1 aliphatic rings. The topological polar surface area (TPSA) is 49.3 Å². The van der Waals surface area contributed by atoms with Gasteiger partial charge in [0.1, 0.15) is 0 Å². The van der Waals surface area contributed by atoms with Gasteiger partial charge in [0.25, 0.3) is 0 Å². The molecule has 0 amide bonds. The fraction of sp³-hybridized carbons (Fsp3) is 0.700. The average molecular weight is 183 g/mol. The standard InChI is InChI=1S/C10H17NO2/c1-9(2)6-7(5-8(12)13)10(3,4)11-9/h6,11H,5H2,1-4H3,(H,12,13). The number of hydrogen-bond donors (Lipinski definition) is 2. The van der Waals surface area contributed by atoms with Crippen molar-refractivity contribution >= 4 is 5.97 Å². The third-order valence-electron chi connectivity index (χ3n) is 2.31. The smallest absolute Gasteiger partial charge is 0.307 e. The second kappa shape index (κ2) is 2.84. The molecule has 0 unspecified atom stereocenters. The van der Waals surface area contributed by atoms with E-state index in [1.165, 1.54) is 0 Å². The van der Waals surface area contributed by atoms with Crippen molar-refractivity contribution in [3.05, 3.63) is 11.6 Å². The second-order valence-electron chi connectivity index (χ2n) is 4.71. The minimum absolute atomic E-state index is 0.0890. The molecule has 0 saturated heterocycles. The van der Waals surface area contributed by atoms with E-state index in [1.807, 2.05) is 33.8 Å². The molecular weight excluding hydrogens is 166 g/mol. The molecule has 0 bridgehead atoms. The number of carboxylic acids is 1. The van der Waals surface area contributed by atoms with Gasteiger partial charge in [-0.1, -0.05) is 6.08 Å². The molecule has 0 aromatic carbocycles. The van der Waals surface area contributed by atoms with Gasteiger partial charge in [-0.05, 0) is 33.3 Å². The summed E-state index contributed by atoms with van der Waals surface area (Å²) in [5.74, 6) is -0.765. The van der Waals surface area contributed by atoms with Crippen LogP contribution in [0.15, 0.2) is 11.6 Å². The molecule has 13 heavy (non-hydrogen) atoms. The zero-order chi connectivity index (χ0) is 10.3. The summed E-state index contributed by atoms with van der Waals surface area (Å²) in [6, 6.07) is 0. The molecule has 1 aliphatic heterocycles. The zero-order valence-corrected chi connectivity index (χ0v) is 8.64. The van der Waals surface area contributed by atoms with Gasteiger partial charge >= 0.3 is 5.97 Å². The molecule has 0 aromatic rings. The van der Waals surface area contributed by atoms with Crippen molar-refractivity contribution in [1.82, 2.24) is 5.32 Å². The van der Waals surface area contributed by atoms with E-state index < -0.39 is 5.97 Å². The maximum Gasteiger partial charge on any atom is 0.307 e. The lowest BCUT2D eigenvalue weighted by Crippen LogP contribution is -2.45. The van der Waals surface area contributed by atoms with Crippen LogP contribution in [0.1, 0.15) is 34.1 Å². The Kier molecular flexibility index (Phi) is 2.24. The first-order valence-corrected chi connectivity index (χ1v) is 4.46. The van der Waals surface area contributed by atoms with E-state index in [0.29, 0.717) is 0 Å². The number of carboxylic acid groups (broad SMARTS) is 1. The number of rotatable bonds is 2. The number of hydrogen-bond acceptors (Lipinski definition) is 2. The fourth-order valence-corrected chi connectivity index (χ4v) is 1.97. The molecule has 0 fully saturated rings. The maximum atomic E-state index is 10.6. The molecule has 1 heterocycles. The molecule has 0 atom stereocenters. The van der Waals surface area contributed by atoms with Crippen LogP contribution < -0.4 is 5.32 Å². The highest BCUT2D eigenvalue weighted by atomic mass is 16.4. The van der Waals surface area contributed by atoms with Crippen molar-refractivity contribution in [3.63, 3.8) is 0 Å². The monoisotopic (exact) mass is 183 g/mol. The van der Waals surface area contributed by atoms with E-state index in [9.17, 15) is 4.79 Å². The van der Waals surface area contributed by atoms with Crippen LogP contribution in [0, 0.1) is 0 Å². The number of nitrogens with one attached hydrogen (secondary N) is 1. The average Bonchev–Trinajstić information content (AvgIpc) is 1.98. The highest BCUT2D eigenvalue weighted by molar-refractivity contribution is 5.71. The molecule has 2 N–H and O–H groups in total. The summed E-state index contributed by atoms with van der Waals surface area (Å²) in [6.07, 6.45) is 2.14. The van der Waals surface area contributed by atoms with Crippen LogP contribution in [0.5, 0.6) is 0 Å². The summed E-state index contributed by atoms with van der Waals surface area (Å²) in [5, 5.41) is 12.1. The first kappa shape index (κ1) is 10.3. The normalized spacial score (nSPS) is 24.2. The van der Waals surface area contributed by atoms with Gasteiger partial charge in [-0.3, -0.25) is 10.1 Å². The quantitative estimate of drug-likeness (QED) is 0.638. The van der Waals surface area contributed by atoms with Crippen LogP contribution in [-0.2, 0) is 4.79 Å². The molecular formula is C10H17NO2. The Hall–Kier alpha value is -0.830. The van der Waals surface area contributed by atoms with E-state index in [2.05, 4.69) is 5.32 Å². The van der Waals surface area contributed by atoms with Crippen molar-refractivity contribution in [2.45, 2.75) is 45.2 Å². The van der Waals surface area contributed by atoms with E-state index >= 15 is 0 Å². The molecule has 3 heteroatoms. The molecule has 0 aliphatic carbocycles. The Morgan fingerprint density at radius 2 is 2.00 bits per heavy atom. The van der Waals surface area contributed by atoms with E-state index in [1.54, 1.807) is 0 Å². The Morgan fingerprint density at radius 1 is 1.46 bits per heavy atom. The summed E-state index contributed by atoms with van der Waals surface area (Å²) in [6.45, 7) is 8.11. The number of carbonyl (C=O) groups is 1. The largest absolute Gasteiger partial charge is 0.481 e. The second-order valence-corrected chi connectivity index (χ2v) is 4.71. The summed E-state index contributed by atoms with van der Waals surface area (Å²) >= 11 is 0. The van der Waals surface area contributed by atoms with Crippen LogP contribution >= 0.6 is 0 Å². The van der Waals surface area contributed by atoms with Crippen LogP contribution in [0.3, 0.4) is 0 Å². The molecule has 0 aromatic heterocycles. The van der Waals surface area contributed by atoms with E-state index in [-0.39, 0.29) is 17.5 Å². The summed E-state index contributed by atoms with van der Waals surface area (Å²) in [7, 11) is 0. The van der Waals surface area contributed by atoms with Gasteiger partial charge in [-0.25, -0.2) is 0 Å². The third kappa shape index (κ3) is 2.31. The highest BCUT2D eigenvalue weighted by Crippen LogP contribution is 2.31. The molecule has 0 radical (unpaired) electrons. The minimum atomic E-state index is -0.765. The molecule has 0 saturated carbocycles. The lowest BCUT2D eigenvalue weighted by molar-refractivity contribution is -0.136. The van der Waals surface area contributed by atoms with E-state index in [0.717, 1.165) is 5.57 Å². The Balaban J connectivity index is 2.87. The zero-order valence-electron chi connectivity index (χ0n) is 8.64. The van der Waals surface area contributed by atoms with Gasteiger partial charge in [0, 0.05) is 11.1 Å². The SMILES string of the molecule is CC1(C)C=C(CC(=O)O)C(C)(C)N1. The highest BCUT2D eigenvalue weighted by Gasteiger charge is 2.37. The predicted octanol–water partition coefficient (Wildman–Crippen LogP) is 1.55. The van der Waals surface area contributed by atoms with Gasteiger partial charge in [-0.15, -0.1) is 0 Å². The molecule has 3 nitrogen and oxygen atoms in total. The summed E-state index contributed by atoms with van der Waals surface area (Å²) in [4.78, 5) is 10.6. The van der Waals surface area contributed by atoms with E-state index in [4.69, 9.17) is 5.11 Å². The van der Waals surface area contributed by atoms with Crippen molar-refractivity contribution < 1.29 is 9.90 Å². The van der Waals surface area contributed by atoms with Crippen molar-refractivity contribution in [2.24, 2.45) is 0 Å². The van der Waals surface area contributed by atoms with Gasteiger partial charge < -0.3 is 5.11 Å². The lowest BCUT2D eigenvalue weighted by Gasteiger charge is -2.27. The Bertz CT molecular complexity index is 264. The number of aliphatic carboxylic acids is 1. The first-order valence-electron chi connectivity index (χ1n) is 4.46. The van der Waals surface area contributed by atoms with Gasteiger partial charge in [0.05, 0.1) is 6.42 Å². The van der Waals surface area contributed by atoms with Crippen LogP contribution in [0.25, 0.3) is 0 Å². The maximum absolute atomic E-state index is 10.6. The van der Waals surface area contributed by atoms with Crippen LogP contribution in [0.4, 0.5) is 0 Å². The third-order valence-corrected chi connectivity index (χ3v) is 2.31.